The molecule has 2 heterocycles. The van der Waals surface area contributed by atoms with Gasteiger partial charge in [0.2, 0.25) is 0 Å². The van der Waals surface area contributed by atoms with Gasteiger partial charge in [-0.05, 0) is 44.2 Å². The first-order valence-corrected chi connectivity index (χ1v) is 11.0. The predicted molar refractivity (Wildman–Crippen MR) is 101 cm³/mol. The molecule has 0 bridgehead atoms. The van der Waals surface area contributed by atoms with Gasteiger partial charge in [0.15, 0.2) is 9.84 Å². The summed E-state index contributed by atoms with van der Waals surface area (Å²) < 4.78 is 24.0. The molecule has 1 amide bonds. The summed E-state index contributed by atoms with van der Waals surface area (Å²) in [5, 5.41) is 11.5. The number of rotatable bonds is 3. The van der Waals surface area contributed by atoms with Gasteiger partial charge >= 0.3 is 0 Å². The second-order valence-electron chi connectivity index (χ2n) is 7.28. The summed E-state index contributed by atoms with van der Waals surface area (Å²) in [4.78, 5) is 16.8. The fraction of sp³-hybridized carbons (Fsp3) is 0.588. The van der Waals surface area contributed by atoms with Gasteiger partial charge in [-0.15, -0.1) is 0 Å². The van der Waals surface area contributed by atoms with Gasteiger partial charge in [-0.1, -0.05) is 11.6 Å². The van der Waals surface area contributed by atoms with Crippen LogP contribution in [0.3, 0.4) is 0 Å². The van der Waals surface area contributed by atoms with Gasteiger partial charge in [0.1, 0.15) is 22.3 Å². The summed E-state index contributed by atoms with van der Waals surface area (Å²) in [6, 6.07) is 1.92. The summed E-state index contributed by atoms with van der Waals surface area (Å²) in [6.45, 7) is 3.46. The van der Waals surface area contributed by atoms with Crippen LogP contribution in [0.15, 0.2) is 0 Å². The Balaban J connectivity index is 1.77. The third-order valence-corrected chi connectivity index (χ3v) is 7.20. The van der Waals surface area contributed by atoms with E-state index in [0.717, 1.165) is 12.8 Å². The zero-order valence-corrected chi connectivity index (χ0v) is 16.9. The molecular weight excluding hydrogens is 390 g/mol. The molecule has 2 fully saturated rings. The van der Waals surface area contributed by atoms with E-state index < -0.39 is 15.2 Å². The van der Waals surface area contributed by atoms with E-state index in [1.165, 1.54) is 6.26 Å². The van der Waals surface area contributed by atoms with Crippen molar-refractivity contribution >= 4 is 27.3 Å². The lowest BCUT2D eigenvalue weighted by molar-refractivity contribution is 0.0911. The van der Waals surface area contributed by atoms with Gasteiger partial charge in [0, 0.05) is 24.3 Å². The van der Waals surface area contributed by atoms with Crippen LogP contribution in [0.25, 0.3) is 0 Å². The van der Waals surface area contributed by atoms with Crippen molar-refractivity contribution in [3.05, 3.63) is 27.5 Å². The van der Waals surface area contributed by atoms with Crippen molar-refractivity contribution in [2.45, 2.75) is 50.6 Å². The average Bonchev–Trinajstić information content (AvgIpc) is 3.02. The molecule has 8 nitrogen and oxygen atoms in total. The van der Waals surface area contributed by atoms with Gasteiger partial charge in [-0.3, -0.25) is 10.2 Å². The number of carbonyl (C=O) groups is 1. The van der Waals surface area contributed by atoms with Crippen molar-refractivity contribution in [1.82, 2.24) is 21.2 Å². The molecular formula is C17H22ClN5O3S. The van der Waals surface area contributed by atoms with E-state index >= 15 is 0 Å². The summed E-state index contributed by atoms with van der Waals surface area (Å²) in [5.74, 6) is -0.473. The Morgan fingerprint density at radius 1 is 1.30 bits per heavy atom. The van der Waals surface area contributed by atoms with Crippen molar-refractivity contribution in [2.75, 3.05) is 6.26 Å². The molecule has 1 saturated carbocycles. The maximum absolute atomic E-state index is 12.7. The van der Waals surface area contributed by atoms with E-state index in [9.17, 15) is 13.2 Å². The first-order chi connectivity index (χ1) is 12.6. The number of nitrogens with zero attached hydrogens (tertiary/aromatic N) is 2. The van der Waals surface area contributed by atoms with Crippen LogP contribution in [0.2, 0.25) is 5.15 Å². The van der Waals surface area contributed by atoms with E-state index in [1.807, 2.05) is 6.07 Å². The summed E-state index contributed by atoms with van der Waals surface area (Å²) in [6.07, 6.45) is 3.26. The highest BCUT2D eigenvalue weighted by molar-refractivity contribution is 7.91. The number of halogens is 1. The molecule has 146 valence electrons. The quantitative estimate of drug-likeness (QED) is 0.633. The Labute approximate surface area is 163 Å². The summed E-state index contributed by atoms with van der Waals surface area (Å²) in [7, 11) is -3.25. The van der Waals surface area contributed by atoms with Gasteiger partial charge in [0.25, 0.3) is 5.91 Å². The van der Waals surface area contributed by atoms with E-state index in [0.29, 0.717) is 17.5 Å². The van der Waals surface area contributed by atoms with Crippen LogP contribution >= 0.6 is 11.6 Å². The van der Waals surface area contributed by atoms with Crippen molar-refractivity contribution < 1.29 is 13.2 Å². The lowest BCUT2D eigenvalue weighted by atomic mass is 9.82. The molecule has 1 aromatic rings. The molecule has 3 N–H and O–H groups in total. The lowest BCUT2D eigenvalue weighted by Gasteiger charge is -2.33. The second kappa shape index (κ2) is 7.36. The first-order valence-electron chi connectivity index (χ1n) is 8.71. The molecule has 1 saturated heterocycles. The molecule has 27 heavy (non-hydrogen) atoms. The molecule has 1 aliphatic carbocycles. The first kappa shape index (κ1) is 20.0. The maximum atomic E-state index is 12.7. The third kappa shape index (κ3) is 3.80. The number of pyridine rings is 1. The smallest absolute Gasteiger partial charge is 0.270 e. The Bertz CT molecular complexity index is 927. The number of fused-ring (bicyclic) bond motifs is 1. The van der Waals surface area contributed by atoms with Crippen LogP contribution < -0.4 is 16.2 Å². The van der Waals surface area contributed by atoms with Gasteiger partial charge in [-0.25, -0.2) is 18.8 Å². The largest absolute Gasteiger partial charge is 0.348 e. The molecule has 10 heteroatoms. The zero-order chi connectivity index (χ0) is 19.9. The monoisotopic (exact) mass is 411 g/mol. The number of hydrogen-bond donors (Lipinski definition) is 3. The molecule has 3 rings (SSSR count). The highest BCUT2D eigenvalue weighted by Gasteiger charge is 2.45. The van der Waals surface area contributed by atoms with Gasteiger partial charge < -0.3 is 5.32 Å². The van der Waals surface area contributed by atoms with E-state index in [4.69, 9.17) is 16.9 Å². The van der Waals surface area contributed by atoms with Crippen molar-refractivity contribution in [3.63, 3.8) is 0 Å². The van der Waals surface area contributed by atoms with E-state index in [2.05, 4.69) is 21.2 Å². The number of hydrazine groups is 1. The minimum atomic E-state index is -3.25. The lowest BCUT2D eigenvalue weighted by Crippen LogP contribution is -2.46. The fourth-order valence-electron chi connectivity index (χ4n) is 3.93. The second-order valence-corrected chi connectivity index (χ2v) is 9.81. The fourth-order valence-corrected chi connectivity index (χ4v) is 5.42. The predicted octanol–water partition coefficient (Wildman–Crippen LogP) is 0.969. The summed E-state index contributed by atoms with van der Waals surface area (Å²) >= 11 is 6.04. The molecule has 2 aliphatic rings. The normalized spacial score (nSPS) is 27.7. The molecule has 0 radical (unpaired) electrons. The number of sulfone groups is 1. The highest BCUT2D eigenvalue weighted by Crippen LogP contribution is 2.32. The third-order valence-electron chi connectivity index (χ3n) is 5.53. The number of aromatic nitrogens is 1. The highest BCUT2D eigenvalue weighted by atomic mass is 35.5. The SMILES string of the molecule is Cc1c(C(=O)NC2CCC3NNC(S(C)(=O)=O)C3C2)nc(Cl)c(C#N)c1C. The minimum absolute atomic E-state index is 0.00999. The number of nitrogens with one attached hydrogen (secondary N) is 3. The molecule has 1 aromatic heterocycles. The average molecular weight is 412 g/mol. The Kier molecular flexibility index (Phi) is 5.45. The van der Waals surface area contributed by atoms with Crippen molar-refractivity contribution in [1.29, 1.82) is 5.26 Å². The number of amides is 1. The van der Waals surface area contributed by atoms with Gasteiger partial charge in [0.05, 0.1) is 5.56 Å². The number of nitriles is 1. The standard InChI is InChI=1S/C17H22ClN5O3S/c1-8-9(2)14(21-15(18)12(8)7-19)16(24)20-10-4-5-13-11(6-10)17(23-22-13)27(3,25)26/h10-11,13,17,22-23H,4-6H2,1-3H3,(H,20,24). The molecule has 0 aromatic carbocycles. The maximum Gasteiger partial charge on any atom is 0.270 e. The molecule has 4 atom stereocenters. The van der Waals surface area contributed by atoms with Crippen LogP contribution in [-0.2, 0) is 9.84 Å². The molecule has 1 aliphatic heterocycles. The van der Waals surface area contributed by atoms with Crippen LogP contribution in [0.1, 0.15) is 46.4 Å². The molecule has 4 unspecified atom stereocenters. The van der Waals surface area contributed by atoms with Crippen LogP contribution in [-0.4, -0.2) is 43.0 Å². The van der Waals surface area contributed by atoms with Crippen LogP contribution in [0, 0.1) is 31.1 Å². The summed E-state index contributed by atoms with van der Waals surface area (Å²) in [5.41, 5.74) is 7.63. The zero-order valence-electron chi connectivity index (χ0n) is 15.3. The van der Waals surface area contributed by atoms with Crippen LogP contribution in [0.5, 0.6) is 0 Å². The van der Waals surface area contributed by atoms with Crippen molar-refractivity contribution in [2.24, 2.45) is 5.92 Å². The molecule has 0 spiro atoms. The van der Waals surface area contributed by atoms with Crippen LogP contribution in [0.4, 0.5) is 0 Å². The number of carbonyl (C=O) groups excluding carboxylic acids is 1. The topological polar surface area (TPSA) is 124 Å². The Morgan fingerprint density at radius 3 is 2.63 bits per heavy atom. The van der Waals surface area contributed by atoms with E-state index in [-0.39, 0.29) is 40.3 Å². The van der Waals surface area contributed by atoms with E-state index in [1.54, 1.807) is 13.8 Å². The Hall–Kier alpha value is -1.73. The minimum Gasteiger partial charge on any atom is -0.348 e. The van der Waals surface area contributed by atoms with Crippen molar-refractivity contribution in [3.8, 4) is 6.07 Å². The number of hydrogen-bond acceptors (Lipinski definition) is 7. The Morgan fingerprint density at radius 2 is 2.00 bits per heavy atom. The van der Waals surface area contributed by atoms with Gasteiger partial charge in [-0.2, -0.15) is 5.26 Å².